The Morgan fingerprint density at radius 3 is 2.84 bits per heavy atom. The van der Waals surface area contributed by atoms with Gasteiger partial charge in [-0.05, 0) is 67.1 Å². The second kappa shape index (κ2) is 7.98. The van der Waals surface area contributed by atoms with Crippen molar-refractivity contribution in [3.05, 3.63) is 59.4 Å². The highest BCUT2D eigenvalue weighted by Crippen LogP contribution is 2.29. The van der Waals surface area contributed by atoms with Gasteiger partial charge in [-0.2, -0.15) is 0 Å². The predicted octanol–water partition coefficient (Wildman–Crippen LogP) is 3.04. The van der Waals surface area contributed by atoms with E-state index in [0.29, 0.717) is 24.5 Å². The average Bonchev–Trinajstić information content (AvgIpc) is 2.65. The van der Waals surface area contributed by atoms with Crippen molar-refractivity contribution in [2.45, 2.75) is 31.8 Å². The van der Waals surface area contributed by atoms with Gasteiger partial charge in [-0.1, -0.05) is 12.1 Å². The van der Waals surface area contributed by atoms with Crippen molar-refractivity contribution in [1.82, 2.24) is 5.48 Å². The maximum absolute atomic E-state index is 12.8. The Hall–Kier alpha value is -2.60. The van der Waals surface area contributed by atoms with Crippen LogP contribution in [0.1, 0.15) is 24.0 Å². The minimum atomic E-state index is -0.646. The SMILES string of the molecule is O=C(NO)C1CCc2cc(CCCOc3ccc(F)cc3)ccc2O1. The molecule has 132 valence electrons. The first-order valence-corrected chi connectivity index (χ1v) is 8.26. The fraction of sp³-hybridized carbons (Fsp3) is 0.316. The molecule has 0 aromatic heterocycles. The van der Waals surface area contributed by atoms with Gasteiger partial charge in [-0.15, -0.1) is 0 Å². The lowest BCUT2D eigenvalue weighted by Crippen LogP contribution is -2.38. The fourth-order valence-corrected chi connectivity index (χ4v) is 2.85. The van der Waals surface area contributed by atoms with E-state index in [-0.39, 0.29) is 5.82 Å². The first-order chi connectivity index (χ1) is 12.2. The summed E-state index contributed by atoms with van der Waals surface area (Å²) < 4.78 is 24.0. The van der Waals surface area contributed by atoms with Crippen LogP contribution in [0.25, 0.3) is 0 Å². The summed E-state index contributed by atoms with van der Waals surface area (Å²) in [7, 11) is 0. The Kier molecular flexibility index (Phi) is 5.50. The molecule has 1 amide bonds. The molecular formula is C19H20FNO4. The summed E-state index contributed by atoms with van der Waals surface area (Å²) in [5.74, 6) is 0.551. The number of amides is 1. The normalized spacial score (nSPS) is 15.8. The van der Waals surface area contributed by atoms with Gasteiger partial charge in [0.25, 0.3) is 5.91 Å². The Balaban J connectivity index is 1.49. The summed E-state index contributed by atoms with van der Waals surface area (Å²) in [6, 6.07) is 11.9. The van der Waals surface area contributed by atoms with E-state index in [0.717, 1.165) is 24.8 Å². The number of halogens is 1. The molecule has 0 bridgehead atoms. The lowest BCUT2D eigenvalue weighted by atomic mass is 9.98. The van der Waals surface area contributed by atoms with Crippen LogP contribution in [0.4, 0.5) is 4.39 Å². The summed E-state index contributed by atoms with van der Waals surface area (Å²) in [4.78, 5) is 11.4. The zero-order chi connectivity index (χ0) is 17.6. The standard InChI is InChI=1S/C19H20FNO4/c20-15-5-7-16(8-6-15)24-11-1-2-13-3-9-17-14(12-13)4-10-18(25-17)19(22)21-23/h3,5-9,12,18,23H,1-2,4,10-11H2,(H,21,22). The number of fused-ring (bicyclic) bond motifs is 1. The molecule has 6 heteroatoms. The Labute approximate surface area is 145 Å². The first kappa shape index (κ1) is 17.2. The highest BCUT2D eigenvalue weighted by molar-refractivity contribution is 5.80. The van der Waals surface area contributed by atoms with E-state index in [1.54, 1.807) is 17.6 Å². The first-order valence-electron chi connectivity index (χ1n) is 8.26. The fourth-order valence-electron chi connectivity index (χ4n) is 2.85. The molecule has 2 N–H and O–H groups in total. The molecular weight excluding hydrogens is 325 g/mol. The summed E-state index contributed by atoms with van der Waals surface area (Å²) in [5, 5.41) is 8.69. The minimum Gasteiger partial charge on any atom is -0.494 e. The smallest absolute Gasteiger partial charge is 0.284 e. The van der Waals surface area contributed by atoms with E-state index in [1.807, 2.05) is 12.1 Å². The summed E-state index contributed by atoms with van der Waals surface area (Å²) in [6.07, 6.45) is 2.32. The third kappa shape index (κ3) is 4.48. The molecule has 1 unspecified atom stereocenters. The average molecular weight is 345 g/mol. The number of aryl methyl sites for hydroxylation is 2. The third-order valence-electron chi connectivity index (χ3n) is 4.16. The van der Waals surface area contributed by atoms with E-state index in [2.05, 4.69) is 6.07 Å². The topological polar surface area (TPSA) is 67.8 Å². The van der Waals surface area contributed by atoms with Gasteiger partial charge in [0.05, 0.1) is 6.61 Å². The van der Waals surface area contributed by atoms with E-state index in [1.165, 1.54) is 17.7 Å². The molecule has 1 heterocycles. The zero-order valence-corrected chi connectivity index (χ0v) is 13.7. The van der Waals surface area contributed by atoms with Gasteiger partial charge in [-0.25, -0.2) is 9.87 Å². The van der Waals surface area contributed by atoms with E-state index < -0.39 is 12.0 Å². The number of carbonyl (C=O) groups is 1. The van der Waals surface area contributed by atoms with Crippen molar-refractivity contribution in [2.24, 2.45) is 0 Å². The number of hydrogen-bond acceptors (Lipinski definition) is 4. The Bertz CT molecular complexity index is 733. The maximum atomic E-state index is 12.8. The minimum absolute atomic E-state index is 0.276. The maximum Gasteiger partial charge on any atom is 0.284 e. The third-order valence-corrected chi connectivity index (χ3v) is 4.16. The number of hydroxylamine groups is 1. The molecule has 1 aliphatic heterocycles. The molecule has 0 spiro atoms. The van der Waals surface area contributed by atoms with Crippen molar-refractivity contribution in [1.29, 1.82) is 0 Å². The highest BCUT2D eigenvalue weighted by Gasteiger charge is 2.25. The molecule has 2 aromatic rings. The van der Waals surface area contributed by atoms with Gasteiger partial charge >= 0.3 is 0 Å². The number of carbonyl (C=O) groups excluding carboxylic acids is 1. The van der Waals surface area contributed by atoms with Crippen LogP contribution >= 0.6 is 0 Å². The van der Waals surface area contributed by atoms with Gasteiger partial charge < -0.3 is 9.47 Å². The molecule has 1 atom stereocenters. The molecule has 3 rings (SSSR count). The van der Waals surface area contributed by atoms with Crippen molar-refractivity contribution in [3.8, 4) is 11.5 Å². The zero-order valence-electron chi connectivity index (χ0n) is 13.7. The molecule has 1 aliphatic rings. The quantitative estimate of drug-likeness (QED) is 0.480. The molecule has 2 aromatic carbocycles. The van der Waals surface area contributed by atoms with Crippen molar-refractivity contribution in [3.63, 3.8) is 0 Å². The summed E-state index contributed by atoms with van der Waals surface area (Å²) in [6.45, 7) is 0.554. The van der Waals surface area contributed by atoms with Crippen LogP contribution < -0.4 is 15.0 Å². The van der Waals surface area contributed by atoms with Gasteiger partial charge in [0.15, 0.2) is 6.10 Å². The van der Waals surface area contributed by atoms with Gasteiger partial charge in [0.1, 0.15) is 17.3 Å². The van der Waals surface area contributed by atoms with Gasteiger partial charge in [0.2, 0.25) is 0 Å². The Morgan fingerprint density at radius 2 is 2.08 bits per heavy atom. The molecule has 5 nitrogen and oxygen atoms in total. The lowest BCUT2D eigenvalue weighted by Gasteiger charge is -2.24. The second-order valence-electron chi connectivity index (χ2n) is 5.97. The molecule has 0 fully saturated rings. The van der Waals surface area contributed by atoms with E-state index in [4.69, 9.17) is 14.7 Å². The lowest BCUT2D eigenvalue weighted by molar-refractivity contribution is -0.137. The molecule has 0 saturated heterocycles. The number of hydrogen-bond donors (Lipinski definition) is 2. The van der Waals surface area contributed by atoms with Crippen molar-refractivity contribution >= 4 is 5.91 Å². The monoisotopic (exact) mass is 345 g/mol. The van der Waals surface area contributed by atoms with Crippen LogP contribution in [0.5, 0.6) is 11.5 Å². The predicted molar refractivity (Wildman–Crippen MR) is 89.3 cm³/mol. The van der Waals surface area contributed by atoms with Crippen molar-refractivity contribution in [2.75, 3.05) is 6.61 Å². The number of benzene rings is 2. The Morgan fingerprint density at radius 1 is 1.28 bits per heavy atom. The molecule has 0 saturated carbocycles. The van der Waals surface area contributed by atoms with Crippen LogP contribution in [0.2, 0.25) is 0 Å². The summed E-state index contributed by atoms with van der Waals surface area (Å²) >= 11 is 0. The van der Waals surface area contributed by atoms with Crippen LogP contribution in [0.15, 0.2) is 42.5 Å². The van der Waals surface area contributed by atoms with Crippen LogP contribution in [-0.2, 0) is 17.6 Å². The van der Waals surface area contributed by atoms with Crippen LogP contribution in [-0.4, -0.2) is 23.8 Å². The number of ether oxygens (including phenoxy) is 2. The van der Waals surface area contributed by atoms with Crippen LogP contribution in [0.3, 0.4) is 0 Å². The number of nitrogens with one attached hydrogen (secondary N) is 1. The van der Waals surface area contributed by atoms with Crippen LogP contribution in [0, 0.1) is 5.82 Å². The summed E-state index contributed by atoms with van der Waals surface area (Å²) in [5.41, 5.74) is 3.87. The van der Waals surface area contributed by atoms with E-state index >= 15 is 0 Å². The van der Waals surface area contributed by atoms with Gasteiger partial charge in [-0.3, -0.25) is 10.0 Å². The van der Waals surface area contributed by atoms with Gasteiger partial charge in [0, 0.05) is 0 Å². The number of rotatable bonds is 6. The van der Waals surface area contributed by atoms with Crippen molar-refractivity contribution < 1.29 is 23.9 Å². The molecule has 0 radical (unpaired) electrons. The molecule has 0 aliphatic carbocycles. The molecule has 25 heavy (non-hydrogen) atoms. The largest absolute Gasteiger partial charge is 0.494 e. The second-order valence-corrected chi connectivity index (χ2v) is 5.97. The highest BCUT2D eigenvalue weighted by atomic mass is 19.1. The van der Waals surface area contributed by atoms with E-state index in [9.17, 15) is 9.18 Å².